The Hall–Kier alpha value is -1.53. The van der Waals surface area contributed by atoms with Crippen LogP contribution in [0.2, 0.25) is 0 Å². The summed E-state index contributed by atoms with van der Waals surface area (Å²) in [6, 6.07) is 3.89. The molecular formula is C13H16FNO. The lowest BCUT2D eigenvalue weighted by atomic mass is 10.0. The highest BCUT2D eigenvalue weighted by Crippen LogP contribution is 2.22. The molecule has 0 heterocycles. The van der Waals surface area contributed by atoms with Crippen molar-refractivity contribution in [2.75, 3.05) is 0 Å². The minimum Gasteiger partial charge on any atom is -0.508 e. The molecule has 1 rings (SSSR count). The summed E-state index contributed by atoms with van der Waals surface area (Å²) < 4.78 is 13.5. The van der Waals surface area contributed by atoms with E-state index < -0.39 is 11.4 Å². The molecule has 0 saturated heterocycles. The lowest BCUT2D eigenvalue weighted by molar-refractivity contribution is 0.417. The van der Waals surface area contributed by atoms with Crippen LogP contribution in [-0.2, 0) is 0 Å². The Morgan fingerprint density at radius 1 is 1.50 bits per heavy atom. The summed E-state index contributed by atoms with van der Waals surface area (Å²) in [5.41, 5.74) is -0.00913. The summed E-state index contributed by atoms with van der Waals surface area (Å²) >= 11 is 0. The van der Waals surface area contributed by atoms with Crippen LogP contribution >= 0.6 is 0 Å². The van der Waals surface area contributed by atoms with Crippen LogP contribution in [0.5, 0.6) is 5.75 Å². The third-order valence-electron chi connectivity index (χ3n) is 2.39. The van der Waals surface area contributed by atoms with Crippen molar-refractivity contribution in [3.05, 3.63) is 29.6 Å². The zero-order chi connectivity index (χ0) is 12.3. The van der Waals surface area contributed by atoms with Crippen LogP contribution in [0.25, 0.3) is 0 Å². The highest BCUT2D eigenvalue weighted by atomic mass is 19.1. The van der Waals surface area contributed by atoms with Crippen LogP contribution in [0.15, 0.2) is 18.2 Å². The predicted octanol–water partition coefficient (Wildman–Crippen LogP) is 2.59. The van der Waals surface area contributed by atoms with Gasteiger partial charge in [0.25, 0.3) is 0 Å². The van der Waals surface area contributed by atoms with Crippen molar-refractivity contribution in [1.82, 2.24) is 5.32 Å². The Balaban J connectivity index is 2.90. The Kier molecular flexibility index (Phi) is 3.56. The number of rotatable bonds is 3. The van der Waals surface area contributed by atoms with E-state index in [1.807, 2.05) is 20.8 Å². The van der Waals surface area contributed by atoms with Crippen molar-refractivity contribution >= 4 is 0 Å². The third kappa shape index (κ3) is 2.98. The first-order valence-corrected chi connectivity index (χ1v) is 5.09. The SMILES string of the molecule is C#CC(C)(C)NC(C)c1ccc(O)cc1F. The smallest absolute Gasteiger partial charge is 0.131 e. The summed E-state index contributed by atoms with van der Waals surface area (Å²) in [6.07, 6.45) is 5.35. The predicted molar refractivity (Wildman–Crippen MR) is 62.5 cm³/mol. The first-order chi connectivity index (χ1) is 7.35. The second kappa shape index (κ2) is 4.54. The average Bonchev–Trinajstić information content (AvgIpc) is 2.16. The number of hydrogen-bond acceptors (Lipinski definition) is 2. The van der Waals surface area contributed by atoms with E-state index in [0.717, 1.165) is 6.07 Å². The lowest BCUT2D eigenvalue weighted by Gasteiger charge is -2.25. The molecule has 0 saturated carbocycles. The molecule has 2 N–H and O–H groups in total. The number of benzene rings is 1. The van der Waals surface area contributed by atoms with Gasteiger partial charge in [-0.25, -0.2) is 4.39 Å². The molecule has 0 fully saturated rings. The third-order valence-corrected chi connectivity index (χ3v) is 2.39. The lowest BCUT2D eigenvalue weighted by Crippen LogP contribution is -2.39. The molecule has 1 atom stereocenters. The highest BCUT2D eigenvalue weighted by Gasteiger charge is 2.19. The standard InChI is InChI=1S/C13H16FNO/c1-5-13(3,4)15-9(2)11-7-6-10(16)8-12(11)14/h1,6-9,15-16H,2-4H3. The fourth-order valence-corrected chi connectivity index (χ4v) is 1.53. The van der Waals surface area contributed by atoms with Gasteiger partial charge >= 0.3 is 0 Å². The van der Waals surface area contributed by atoms with Gasteiger partial charge < -0.3 is 5.11 Å². The maximum absolute atomic E-state index is 13.5. The minimum atomic E-state index is -0.496. The van der Waals surface area contributed by atoms with Crippen LogP contribution in [0.3, 0.4) is 0 Å². The number of halogens is 1. The zero-order valence-corrected chi connectivity index (χ0v) is 9.71. The van der Waals surface area contributed by atoms with Crippen LogP contribution in [0.1, 0.15) is 32.4 Å². The fraction of sp³-hybridized carbons (Fsp3) is 0.385. The van der Waals surface area contributed by atoms with E-state index in [1.54, 1.807) is 6.07 Å². The molecule has 0 radical (unpaired) electrons. The molecule has 0 aliphatic carbocycles. The van der Waals surface area contributed by atoms with Crippen molar-refractivity contribution in [3.8, 4) is 18.1 Å². The Morgan fingerprint density at radius 3 is 2.62 bits per heavy atom. The molecule has 0 aromatic heterocycles. The van der Waals surface area contributed by atoms with Crippen molar-refractivity contribution in [3.63, 3.8) is 0 Å². The van der Waals surface area contributed by atoms with Crippen molar-refractivity contribution in [2.24, 2.45) is 0 Å². The Labute approximate surface area is 95.5 Å². The van der Waals surface area contributed by atoms with Gasteiger partial charge in [-0.1, -0.05) is 12.0 Å². The van der Waals surface area contributed by atoms with E-state index in [9.17, 15) is 4.39 Å². The molecule has 0 bridgehead atoms. The van der Waals surface area contributed by atoms with Crippen molar-refractivity contribution in [1.29, 1.82) is 0 Å². The van der Waals surface area contributed by atoms with Gasteiger partial charge in [-0.15, -0.1) is 6.42 Å². The van der Waals surface area contributed by atoms with E-state index in [1.165, 1.54) is 6.07 Å². The minimum absolute atomic E-state index is 0.0790. The topological polar surface area (TPSA) is 32.3 Å². The second-order valence-corrected chi connectivity index (χ2v) is 4.34. The summed E-state index contributed by atoms with van der Waals surface area (Å²) in [7, 11) is 0. The second-order valence-electron chi connectivity index (χ2n) is 4.34. The van der Waals surface area contributed by atoms with Crippen LogP contribution in [-0.4, -0.2) is 10.6 Å². The quantitative estimate of drug-likeness (QED) is 0.769. The molecule has 1 aromatic carbocycles. The van der Waals surface area contributed by atoms with Crippen LogP contribution < -0.4 is 5.32 Å². The summed E-state index contributed by atoms with van der Waals surface area (Å²) in [6.45, 7) is 5.53. The first-order valence-electron chi connectivity index (χ1n) is 5.09. The molecule has 2 nitrogen and oxygen atoms in total. The number of phenols is 1. The molecule has 0 amide bonds. The molecule has 0 aliphatic heterocycles. The van der Waals surface area contributed by atoms with E-state index in [2.05, 4.69) is 11.2 Å². The van der Waals surface area contributed by atoms with Gasteiger partial charge in [0.1, 0.15) is 11.6 Å². The van der Waals surface area contributed by atoms with E-state index in [0.29, 0.717) is 5.56 Å². The van der Waals surface area contributed by atoms with Crippen LogP contribution in [0, 0.1) is 18.2 Å². The maximum Gasteiger partial charge on any atom is 0.131 e. The molecule has 1 aromatic rings. The van der Waals surface area contributed by atoms with E-state index >= 15 is 0 Å². The van der Waals surface area contributed by atoms with Gasteiger partial charge in [-0.3, -0.25) is 5.32 Å². The van der Waals surface area contributed by atoms with Gasteiger partial charge in [0.15, 0.2) is 0 Å². The normalized spacial score (nSPS) is 13.2. The van der Waals surface area contributed by atoms with Gasteiger partial charge in [0.05, 0.1) is 5.54 Å². The van der Waals surface area contributed by atoms with Crippen LogP contribution in [0.4, 0.5) is 4.39 Å². The van der Waals surface area contributed by atoms with E-state index in [4.69, 9.17) is 11.5 Å². The Morgan fingerprint density at radius 2 is 2.12 bits per heavy atom. The maximum atomic E-state index is 13.5. The number of phenolic OH excluding ortho intramolecular Hbond substituents is 1. The van der Waals surface area contributed by atoms with Gasteiger partial charge in [0.2, 0.25) is 0 Å². The average molecular weight is 221 g/mol. The number of terminal acetylenes is 1. The molecular weight excluding hydrogens is 205 g/mol. The molecule has 0 aliphatic rings. The van der Waals surface area contributed by atoms with Gasteiger partial charge in [-0.2, -0.15) is 0 Å². The zero-order valence-electron chi connectivity index (χ0n) is 9.71. The van der Waals surface area contributed by atoms with Crippen molar-refractivity contribution < 1.29 is 9.50 Å². The molecule has 3 heteroatoms. The fourth-order valence-electron chi connectivity index (χ4n) is 1.53. The molecule has 86 valence electrons. The first kappa shape index (κ1) is 12.5. The summed E-state index contributed by atoms with van der Waals surface area (Å²) in [5.74, 6) is 2.07. The Bertz CT molecular complexity index is 420. The monoisotopic (exact) mass is 221 g/mol. The molecule has 0 spiro atoms. The van der Waals surface area contributed by atoms with Gasteiger partial charge in [0, 0.05) is 17.7 Å². The highest BCUT2D eigenvalue weighted by molar-refractivity contribution is 5.30. The molecule has 16 heavy (non-hydrogen) atoms. The van der Waals surface area contributed by atoms with Gasteiger partial charge in [-0.05, 0) is 26.8 Å². The number of hydrogen-bond donors (Lipinski definition) is 2. The van der Waals surface area contributed by atoms with Crippen molar-refractivity contribution in [2.45, 2.75) is 32.4 Å². The van der Waals surface area contributed by atoms with E-state index in [-0.39, 0.29) is 11.8 Å². The molecule has 1 unspecified atom stereocenters. The summed E-state index contributed by atoms with van der Waals surface area (Å²) in [4.78, 5) is 0. The largest absolute Gasteiger partial charge is 0.508 e. The summed E-state index contributed by atoms with van der Waals surface area (Å²) in [5, 5.41) is 12.2. The number of aromatic hydroxyl groups is 1. The number of nitrogens with one attached hydrogen (secondary N) is 1.